The van der Waals surface area contributed by atoms with Crippen LogP contribution >= 0.6 is 15.9 Å². The van der Waals surface area contributed by atoms with Gasteiger partial charge in [0.25, 0.3) is 0 Å². The molecule has 9 heteroatoms. The molecule has 0 aliphatic rings. The van der Waals surface area contributed by atoms with Gasteiger partial charge in [-0.15, -0.1) is 0 Å². The van der Waals surface area contributed by atoms with Crippen LogP contribution in [-0.2, 0) is 9.84 Å². The predicted octanol–water partition coefficient (Wildman–Crippen LogP) is 2.34. The number of benzene rings is 1. The highest BCUT2D eigenvalue weighted by Crippen LogP contribution is 2.31. The largest absolute Gasteiger partial charge is 0.475 e. The third-order valence-corrected chi connectivity index (χ3v) is 4.43. The van der Waals surface area contributed by atoms with Crippen molar-refractivity contribution in [2.45, 2.75) is 4.90 Å². The SMILES string of the molecule is CS(=O)(=O)c1c(F)cc(-c2cc(C(=O)O)on2)cc1Br. The number of aromatic nitrogens is 1. The zero-order chi connectivity index (χ0) is 15.1. The molecule has 1 N–H and O–H groups in total. The highest BCUT2D eigenvalue weighted by Gasteiger charge is 2.21. The summed E-state index contributed by atoms with van der Waals surface area (Å²) in [5.74, 6) is -2.67. The Morgan fingerprint density at radius 3 is 2.50 bits per heavy atom. The van der Waals surface area contributed by atoms with E-state index < -0.39 is 32.3 Å². The molecular formula is C11H7BrFNO5S. The molecule has 0 saturated heterocycles. The molecule has 0 saturated carbocycles. The van der Waals surface area contributed by atoms with Gasteiger partial charge in [0.1, 0.15) is 16.4 Å². The van der Waals surface area contributed by atoms with Crippen LogP contribution in [0.25, 0.3) is 11.3 Å². The normalized spacial score (nSPS) is 11.6. The Labute approximate surface area is 121 Å². The van der Waals surface area contributed by atoms with Crippen molar-refractivity contribution in [3.8, 4) is 11.3 Å². The average molecular weight is 364 g/mol. The highest BCUT2D eigenvalue weighted by atomic mass is 79.9. The molecule has 1 aromatic carbocycles. The Morgan fingerprint density at radius 1 is 1.40 bits per heavy atom. The number of hydrogen-bond acceptors (Lipinski definition) is 5. The Hall–Kier alpha value is -1.74. The molecule has 1 aromatic heterocycles. The summed E-state index contributed by atoms with van der Waals surface area (Å²) in [7, 11) is -3.73. The molecule has 0 bridgehead atoms. The number of aromatic carboxylic acids is 1. The van der Waals surface area contributed by atoms with Crippen molar-refractivity contribution in [1.82, 2.24) is 5.16 Å². The summed E-state index contributed by atoms with van der Waals surface area (Å²) < 4.78 is 41.3. The minimum atomic E-state index is -3.73. The van der Waals surface area contributed by atoms with E-state index in [0.717, 1.165) is 18.4 Å². The second kappa shape index (κ2) is 4.98. The molecule has 0 aliphatic heterocycles. The Kier molecular flexibility index (Phi) is 3.65. The van der Waals surface area contributed by atoms with Crippen molar-refractivity contribution in [3.63, 3.8) is 0 Å². The van der Waals surface area contributed by atoms with Crippen molar-refractivity contribution in [2.75, 3.05) is 6.26 Å². The zero-order valence-corrected chi connectivity index (χ0v) is 12.3. The monoisotopic (exact) mass is 363 g/mol. The fraction of sp³-hybridized carbons (Fsp3) is 0.0909. The van der Waals surface area contributed by atoms with E-state index in [1.54, 1.807) is 0 Å². The van der Waals surface area contributed by atoms with Gasteiger partial charge >= 0.3 is 5.97 Å². The number of nitrogens with zero attached hydrogens (tertiary/aromatic N) is 1. The Balaban J connectivity index is 2.57. The number of carboxylic acid groups (broad SMARTS) is 1. The summed E-state index contributed by atoms with van der Waals surface area (Å²) >= 11 is 2.97. The summed E-state index contributed by atoms with van der Waals surface area (Å²) in [5.41, 5.74) is 0.278. The van der Waals surface area contributed by atoms with Crippen LogP contribution < -0.4 is 0 Å². The second-order valence-corrected chi connectivity index (χ2v) is 6.73. The van der Waals surface area contributed by atoms with E-state index in [4.69, 9.17) is 5.11 Å². The first-order valence-corrected chi connectivity index (χ1v) is 7.78. The summed E-state index contributed by atoms with van der Waals surface area (Å²) in [6.45, 7) is 0. The minimum Gasteiger partial charge on any atom is -0.475 e. The lowest BCUT2D eigenvalue weighted by Gasteiger charge is -2.05. The third-order valence-electron chi connectivity index (χ3n) is 2.39. The fourth-order valence-corrected chi connectivity index (χ4v) is 3.72. The summed E-state index contributed by atoms with van der Waals surface area (Å²) in [6.07, 6.45) is 0.883. The second-order valence-electron chi connectivity index (χ2n) is 3.92. The van der Waals surface area contributed by atoms with E-state index in [1.165, 1.54) is 6.07 Å². The Bertz CT molecular complexity index is 776. The van der Waals surface area contributed by atoms with Crippen molar-refractivity contribution in [2.24, 2.45) is 0 Å². The lowest BCUT2D eigenvalue weighted by Crippen LogP contribution is -2.02. The molecule has 0 spiro atoms. The first kappa shape index (κ1) is 14.7. The van der Waals surface area contributed by atoms with E-state index in [9.17, 15) is 17.6 Å². The molecule has 20 heavy (non-hydrogen) atoms. The standard InChI is InChI=1S/C11H7BrFNO5S/c1-20(17,18)10-6(12)2-5(3-7(10)13)8-4-9(11(15)16)19-14-8/h2-4H,1H3,(H,15,16). The van der Waals surface area contributed by atoms with Gasteiger partial charge in [-0.3, -0.25) is 0 Å². The molecule has 106 valence electrons. The molecule has 0 aliphatic carbocycles. The van der Waals surface area contributed by atoms with Gasteiger partial charge in [-0.2, -0.15) is 0 Å². The van der Waals surface area contributed by atoms with Crippen LogP contribution in [0.4, 0.5) is 4.39 Å². The number of carbonyl (C=O) groups is 1. The van der Waals surface area contributed by atoms with Crippen molar-refractivity contribution < 1.29 is 27.2 Å². The maximum atomic E-state index is 13.9. The molecule has 6 nitrogen and oxygen atoms in total. The van der Waals surface area contributed by atoms with E-state index in [-0.39, 0.29) is 15.7 Å². The molecule has 0 radical (unpaired) electrons. The number of carboxylic acids is 1. The van der Waals surface area contributed by atoms with Gasteiger partial charge < -0.3 is 9.63 Å². The van der Waals surface area contributed by atoms with Crippen LogP contribution in [0.15, 0.2) is 32.1 Å². The van der Waals surface area contributed by atoms with Crippen LogP contribution in [0.1, 0.15) is 10.6 Å². The first-order valence-electron chi connectivity index (χ1n) is 5.09. The molecule has 0 fully saturated rings. The number of halogens is 2. The number of sulfone groups is 1. The van der Waals surface area contributed by atoms with E-state index in [0.29, 0.717) is 0 Å². The average Bonchev–Trinajstić information content (AvgIpc) is 2.74. The highest BCUT2D eigenvalue weighted by molar-refractivity contribution is 9.10. The van der Waals surface area contributed by atoms with Crippen molar-refractivity contribution in [3.05, 3.63) is 34.2 Å². The number of rotatable bonds is 3. The molecule has 1 heterocycles. The first-order chi connectivity index (χ1) is 9.20. The Morgan fingerprint density at radius 2 is 2.05 bits per heavy atom. The number of hydrogen-bond donors (Lipinski definition) is 1. The fourth-order valence-electron chi connectivity index (χ4n) is 1.57. The van der Waals surface area contributed by atoms with Crippen LogP contribution in [0.5, 0.6) is 0 Å². The van der Waals surface area contributed by atoms with Crippen LogP contribution in [-0.4, -0.2) is 30.9 Å². The van der Waals surface area contributed by atoms with Crippen molar-refractivity contribution in [1.29, 1.82) is 0 Å². The molecule has 2 rings (SSSR count). The predicted molar refractivity (Wildman–Crippen MR) is 69.7 cm³/mol. The molecular weight excluding hydrogens is 357 g/mol. The maximum absolute atomic E-state index is 13.9. The molecule has 0 atom stereocenters. The van der Waals surface area contributed by atoms with Gasteiger partial charge in [-0.25, -0.2) is 17.6 Å². The van der Waals surface area contributed by atoms with Gasteiger partial charge in [0.2, 0.25) is 5.76 Å². The third kappa shape index (κ3) is 2.73. The lowest BCUT2D eigenvalue weighted by molar-refractivity contribution is 0.0652. The van der Waals surface area contributed by atoms with Gasteiger partial charge in [0.05, 0.1) is 0 Å². The van der Waals surface area contributed by atoms with Gasteiger partial charge in [0, 0.05) is 22.4 Å². The summed E-state index contributed by atoms with van der Waals surface area (Å²) in [4.78, 5) is 10.2. The van der Waals surface area contributed by atoms with Gasteiger partial charge in [0.15, 0.2) is 9.84 Å². The maximum Gasteiger partial charge on any atom is 0.374 e. The lowest BCUT2D eigenvalue weighted by atomic mass is 10.1. The molecule has 2 aromatic rings. The van der Waals surface area contributed by atoms with Crippen LogP contribution in [0.3, 0.4) is 0 Å². The van der Waals surface area contributed by atoms with Crippen LogP contribution in [0.2, 0.25) is 0 Å². The van der Waals surface area contributed by atoms with Gasteiger partial charge in [-0.05, 0) is 28.1 Å². The van der Waals surface area contributed by atoms with E-state index in [2.05, 4.69) is 25.6 Å². The summed E-state index contributed by atoms with van der Waals surface area (Å²) in [5, 5.41) is 12.2. The van der Waals surface area contributed by atoms with E-state index in [1.807, 2.05) is 0 Å². The zero-order valence-electron chi connectivity index (χ0n) is 9.92. The topological polar surface area (TPSA) is 97.5 Å². The molecule has 0 unspecified atom stereocenters. The molecule has 0 amide bonds. The van der Waals surface area contributed by atoms with Crippen molar-refractivity contribution >= 4 is 31.7 Å². The van der Waals surface area contributed by atoms with Crippen LogP contribution in [0, 0.1) is 5.82 Å². The van der Waals surface area contributed by atoms with E-state index >= 15 is 0 Å². The smallest absolute Gasteiger partial charge is 0.374 e. The van der Waals surface area contributed by atoms with Gasteiger partial charge in [-0.1, -0.05) is 5.16 Å². The minimum absolute atomic E-state index is 0.0230. The summed E-state index contributed by atoms with van der Waals surface area (Å²) in [6, 6.07) is 3.39. The quantitative estimate of drug-likeness (QED) is 0.898.